The first-order valence-corrected chi connectivity index (χ1v) is 8.03. The number of amides is 1. The standard InChI is InChI=1S/C16H11F6N3O6/c1-31-12(26)9(23-13(27)15(17,18)19)6-8-7-4-2-3-5-10(7)24(11(8)25(29)30)14(28)16(20,21)22/h2-5,9H,6H2,1H3,(H,23,27)/t9-/m0/s1. The van der Waals surface area contributed by atoms with E-state index in [-0.39, 0.29) is 9.95 Å². The quantitative estimate of drug-likeness (QED) is 0.320. The van der Waals surface area contributed by atoms with Gasteiger partial charge in [0.25, 0.3) is 0 Å². The van der Waals surface area contributed by atoms with E-state index in [1.54, 1.807) is 0 Å². The van der Waals surface area contributed by atoms with Gasteiger partial charge in [-0.25, -0.2) is 9.59 Å². The third-order valence-electron chi connectivity index (χ3n) is 4.03. The molecule has 1 amide bonds. The SMILES string of the molecule is COC(=O)[C@H](Cc1c([N+](=O)[O-])n(C(=O)C(F)(F)F)c2ccccc12)NC(=O)C(F)(F)F. The number of rotatable bonds is 5. The number of hydrogen-bond acceptors (Lipinski definition) is 6. The molecule has 168 valence electrons. The van der Waals surface area contributed by atoms with Crippen LogP contribution in [0.15, 0.2) is 24.3 Å². The molecule has 0 aliphatic carbocycles. The molecular formula is C16H11F6N3O6. The number of hydrogen-bond donors (Lipinski definition) is 1. The van der Waals surface area contributed by atoms with Gasteiger partial charge in [-0.15, -0.1) is 4.57 Å². The molecule has 15 heteroatoms. The average molecular weight is 455 g/mol. The minimum absolute atomic E-state index is 0.259. The first-order valence-electron chi connectivity index (χ1n) is 8.03. The molecule has 0 radical (unpaired) electrons. The van der Waals surface area contributed by atoms with E-state index in [0.717, 1.165) is 19.2 Å². The predicted octanol–water partition coefficient (Wildman–Crippen LogP) is 2.51. The summed E-state index contributed by atoms with van der Waals surface area (Å²) in [6.07, 6.45) is -12.0. The fourth-order valence-electron chi connectivity index (χ4n) is 2.80. The van der Waals surface area contributed by atoms with Crippen molar-refractivity contribution in [1.82, 2.24) is 9.88 Å². The van der Waals surface area contributed by atoms with E-state index in [1.807, 2.05) is 0 Å². The average Bonchev–Trinajstić information content (AvgIpc) is 2.99. The molecule has 1 N–H and O–H groups in total. The molecule has 1 aromatic carbocycles. The van der Waals surface area contributed by atoms with Gasteiger partial charge in [0.1, 0.15) is 11.6 Å². The Hall–Kier alpha value is -3.65. The number of benzene rings is 1. The number of carbonyl (C=O) groups excluding carboxylic acids is 3. The summed E-state index contributed by atoms with van der Waals surface area (Å²) in [5.74, 6) is -8.08. The number of halogens is 6. The van der Waals surface area contributed by atoms with Crippen molar-refractivity contribution in [3.63, 3.8) is 0 Å². The van der Waals surface area contributed by atoms with E-state index < -0.39 is 64.4 Å². The van der Waals surface area contributed by atoms with Crippen molar-refractivity contribution in [1.29, 1.82) is 0 Å². The van der Waals surface area contributed by atoms with Gasteiger partial charge >= 0.3 is 36.0 Å². The summed E-state index contributed by atoms with van der Waals surface area (Å²) in [5.41, 5.74) is -1.26. The molecule has 31 heavy (non-hydrogen) atoms. The number of nitro groups is 1. The zero-order chi connectivity index (χ0) is 23.7. The first kappa shape index (κ1) is 23.6. The van der Waals surface area contributed by atoms with Gasteiger partial charge in [0.05, 0.1) is 12.7 Å². The van der Waals surface area contributed by atoms with Crippen LogP contribution in [0.25, 0.3) is 10.9 Å². The number of carbonyl (C=O) groups is 3. The van der Waals surface area contributed by atoms with Crippen LogP contribution in [-0.2, 0) is 20.7 Å². The molecule has 2 rings (SSSR count). The molecule has 9 nitrogen and oxygen atoms in total. The molecule has 1 heterocycles. The summed E-state index contributed by atoms with van der Waals surface area (Å²) in [6.45, 7) is 0. The number of nitrogens with zero attached hydrogens (tertiary/aromatic N) is 2. The van der Waals surface area contributed by atoms with E-state index in [9.17, 15) is 50.8 Å². The summed E-state index contributed by atoms with van der Waals surface area (Å²) < 4.78 is 80.8. The maximum absolute atomic E-state index is 13.0. The zero-order valence-electron chi connectivity index (χ0n) is 15.2. The largest absolute Gasteiger partial charge is 0.495 e. The Labute approximate surface area is 167 Å². The topological polar surface area (TPSA) is 121 Å². The van der Waals surface area contributed by atoms with Crippen molar-refractivity contribution in [2.24, 2.45) is 0 Å². The van der Waals surface area contributed by atoms with Gasteiger partial charge in [-0.3, -0.25) is 4.79 Å². The van der Waals surface area contributed by atoms with E-state index in [4.69, 9.17) is 0 Å². The molecule has 1 atom stereocenters. The zero-order valence-corrected chi connectivity index (χ0v) is 15.2. The highest BCUT2D eigenvalue weighted by atomic mass is 19.4. The van der Waals surface area contributed by atoms with Crippen LogP contribution in [0.3, 0.4) is 0 Å². The Morgan fingerprint density at radius 3 is 2.19 bits per heavy atom. The van der Waals surface area contributed by atoms with Gasteiger partial charge in [-0.1, -0.05) is 18.2 Å². The molecular weight excluding hydrogens is 444 g/mol. The van der Waals surface area contributed by atoms with Crippen molar-refractivity contribution in [2.75, 3.05) is 7.11 Å². The number of alkyl halides is 6. The number of aromatic nitrogens is 1. The molecule has 0 spiro atoms. The van der Waals surface area contributed by atoms with Gasteiger partial charge in [0.2, 0.25) is 0 Å². The number of methoxy groups -OCH3 is 1. The monoisotopic (exact) mass is 455 g/mol. The number of fused-ring (bicyclic) bond motifs is 1. The molecule has 0 aliphatic heterocycles. The summed E-state index contributed by atoms with van der Waals surface area (Å²) >= 11 is 0. The first-order chi connectivity index (χ1) is 14.2. The van der Waals surface area contributed by atoms with Gasteiger partial charge in [0, 0.05) is 11.8 Å². The lowest BCUT2D eigenvalue weighted by Crippen LogP contribution is -2.48. The number of esters is 1. The third kappa shape index (κ3) is 4.75. The Kier molecular flexibility index (Phi) is 6.28. The summed E-state index contributed by atoms with van der Waals surface area (Å²) in [7, 11) is 0.750. The Bertz CT molecular complexity index is 1060. The minimum atomic E-state index is -5.53. The second kappa shape index (κ2) is 8.23. The highest BCUT2D eigenvalue weighted by molar-refractivity contribution is 6.01. The predicted molar refractivity (Wildman–Crippen MR) is 89.0 cm³/mol. The number of nitrogens with one attached hydrogen (secondary N) is 1. The van der Waals surface area contributed by atoms with E-state index in [2.05, 4.69) is 4.74 Å². The molecule has 1 aromatic heterocycles. The Morgan fingerprint density at radius 2 is 1.71 bits per heavy atom. The lowest BCUT2D eigenvalue weighted by atomic mass is 10.0. The van der Waals surface area contributed by atoms with Crippen LogP contribution in [0.2, 0.25) is 0 Å². The molecule has 0 bridgehead atoms. The summed E-state index contributed by atoms with van der Waals surface area (Å²) in [4.78, 5) is 45.1. The van der Waals surface area contributed by atoms with Crippen LogP contribution in [0, 0.1) is 10.1 Å². The van der Waals surface area contributed by atoms with Gasteiger partial charge in [0.15, 0.2) is 0 Å². The molecule has 0 unspecified atom stereocenters. The second-order valence-corrected chi connectivity index (χ2v) is 5.97. The summed E-state index contributed by atoms with van der Waals surface area (Å²) in [6, 6.07) is 2.26. The van der Waals surface area contributed by atoms with Crippen LogP contribution >= 0.6 is 0 Å². The number of ether oxygens (including phenoxy) is 1. The maximum atomic E-state index is 13.0. The molecule has 0 saturated carbocycles. The molecule has 0 aliphatic rings. The van der Waals surface area contributed by atoms with Crippen molar-refractivity contribution in [3.8, 4) is 0 Å². The minimum Gasteiger partial charge on any atom is -0.467 e. The normalized spacial score (nSPS) is 13.0. The summed E-state index contributed by atoms with van der Waals surface area (Å²) in [5, 5.41) is 12.5. The van der Waals surface area contributed by atoms with Crippen LogP contribution < -0.4 is 5.32 Å². The van der Waals surface area contributed by atoms with Gasteiger partial charge in [-0.05, 0) is 11.0 Å². The van der Waals surface area contributed by atoms with E-state index in [0.29, 0.717) is 0 Å². The maximum Gasteiger partial charge on any atom is 0.495 e. The highest BCUT2D eigenvalue weighted by Gasteiger charge is 2.48. The lowest BCUT2D eigenvalue weighted by molar-refractivity contribution is -0.391. The van der Waals surface area contributed by atoms with Crippen molar-refractivity contribution < 1.29 is 50.4 Å². The van der Waals surface area contributed by atoms with Crippen LogP contribution in [0.5, 0.6) is 0 Å². The van der Waals surface area contributed by atoms with Crippen molar-refractivity contribution in [2.45, 2.75) is 24.8 Å². The van der Waals surface area contributed by atoms with Crippen LogP contribution in [0.4, 0.5) is 32.2 Å². The third-order valence-corrected chi connectivity index (χ3v) is 4.03. The molecule has 0 fully saturated rings. The van der Waals surface area contributed by atoms with E-state index >= 15 is 0 Å². The Morgan fingerprint density at radius 1 is 1.13 bits per heavy atom. The van der Waals surface area contributed by atoms with Gasteiger partial charge in [-0.2, -0.15) is 26.3 Å². The fraction of sp³-hybridized carbons (Fsp3) is 0.312. The van der Waals surface area contributed by atoms with Crippen LogP contribution in [-0.4, -0.2) is 52.8 Å². The highest BCUT2D eigenvalue weighted by Crippen LogP contribution is 2.35. The number of para-hydroxylation sites is 1. The van der Waals surface area contributed by atoms with E-state index in [1.165, 1.54) is 17.4 Å². The lowest BCUT2D eigenvalue weighted by Gasteiger charge is -2.17. The van der Waals surface area contributed by atoms with Crippen LogP contribution in [0.1, 0.15) is 10.4 Å². The van der Waals surface area contributed by atoms with Crippen molar-refractivity contribution >= 4 is 34.5 Å². The second-order valence-electron chi connectivity index (χ2n) is 5.97. The molecule has 2 aromatic rings. The van der Waals surface area contributed by atoms with Crippen molar-refractivity contribution in [3.05, 3.63) is 39.9 Å². The smallest absolute Gasteiger partial charge is 0.467 e. The van der Waals surface area contributed by atoms with Gasteiger partial charge < -0.3 is 20.2 Å². The fourth-order valence-corrected chi connectivity index (χ4v) is 2.80. The molecule has 0 saturated heterocycles. The Balaban J connectivity index is 2.72.